The van der Waals surface area contributed by atoms with E-state index in [-0.39, 0.29) is 13.2 Å². The summed E-state index contributed by atoms with van der Waals surface area (Å²) in [6, 6.07) is 7.52. The molecule has 4 heteroatoms. The lowest BCUT2D eigenvalue weighted by atomic mass is 10.2. The van der Waals surface area contributed by atoms with Gasteiger partial charge >= 0.3 is 5.97 Å². The summed E-state index contributed by atoms with van der Waals surface area (Å²) < 4.78 is 10.1. The van der Waals surface area contributed by atoms with Crippen LogP contribution < -0.4 is 4.74 Å². The van der Waals surface area contributed by atoms with Crippen molar-refractivity contribution in [1.82, 2.24) is 0 Å². The molecule has 0 aliphatic rings. The molecule has 0 spiro atoms. The second-order valence-corrected chi connectivity index (χ2v) is 3.56. The molecule has 3 nitrogen and oxygen atoms in total. The molecule has 86 valence electrons. The summed E-state index contributed by atoms with van der Waals surface area (Å²) in [5, 5.41) is 0.685. The highest BCUT2D eigenvalue weighted by molar-refractivity contribution is 9.08. The third-order valence-electron chi connectivity index (χ3n) is 1.82. The van der Waals surface area contributed by atoms with Gasteiger partial charge < -0.3 is 9.47 Å². The molecule has 0 atom stereocenters. The first-order valence-electron chi connectivity index (χ1n) is 4.81. The molecule has 0 saturated carbocycles. The fourth-order valence-electron chi connectivity index (χ4n) is 1.09. The molecule has 1 aromatic rings. The zero-order chi connectivity index (χ0) is 11.8. The highest BCUT2D eigenvalue weighted by atomic mass is 79.9. The zero-order valence-electron chi connectivity index (χ0n) is 8.82. The lowest BCUT2D eigenvalue weighted by Gasteiger charge is -2.08. The van der Waals surface area contributed by atoms with E-state index in [1.807, 2.05) is 24.3 Å². The monoisotopic (exact) mass is 284 g/mol. The van der Waals surface area contributed by atoms with E-state index in [1.165, 1.54) is 6.08 Å². The zero-order valence-corrected chi connectivity index (χ0v) is 10.4. The van der Waals surface area contributed by atoms with Gasteiger partial charge in [0.1, 0.15) is 12.4 Å². The summed E-state index contributed by atoms with van der Waals surface area (Å²) in [6.07, 6.45) is 1.52. The fraction of sp³-hybridized carbons (Fsp3) is 0.250. The highest BCUT2D eigenvalue weighted by Crippen LogP contribution is 2.20. The molecule has 0 radical (unpaired) electrons. The minimum absolute atomic E-state index is 0.0855. The van der Waals surface area contributed by atoms with Crippen LogP contribution >= 0.6 is 15.9 Å². The van der Waals surface area contributed by atoms with Crippen molar-refractivity contribution >= 4 is 21.9 Å². The number of esters is 1. The Balaban J connectivity index is 2.47. The van der Waals surface area contributed by atoms with Gasteiger partial charge in [-0.25, -0.2) is 4.79 Å². The third kappa shape index (κ3) is 4.06. The maximum Gasteiger partial charge on any atom is 0.344 e. The van der Waals surface area contributed by atoms with E-state index in [1.54, 1.807) is 0 Å². The molecule has 16 heavy (non-hydrogen) atoms. The van der Waals surface area contributed by atoms with Crippen LogP contribution in [-0.4, -0.2) is 19.2 Å². The second kappa shape index (κ2) is 7.06. The quantitative estimate of drug-likeness (QED) is 0.458. The number of ether oxygens (including phenoxy) is 2. The van der Waals surface area contributed by atoms with Gasteiger partial charge in [-0.15, -0.1) is 0 Å². The van der Waals surface area contributed by atoms with Crippen LogP contribution in [0.2, 0.25) is 0 Å². The maximum atomic E-state index is 11.2. The van der Waals surface area contributed by atoms with Gasteiger partial charge in [0, 0.05) is 10.9 Å². The molecular weight excluding hydrogens is 272 g/mol. The topological polar surface area (TPSA) is 35.5 Å². The van der Waals surface area contributed by atoms with Crippen LogP contribution in [-0.2, 0) is 14.9 Å². The van der Waals surface area contributed by atoms with Gasteiger partial charge in [-0.1, -0.05) is 46.8 Å². The van der Waals surface area contributed by atoms with Crippen LogP contribution in [0.25, 0.3) is 0 Å². The van der Waals surface area contributed by atoms with Gasteiger partial charge in [-0.2, -0.15) is 0 Å². The minimum atomic E-state index is -0.399. The Kier molecular flexibility index (Phi) is 5.64. The predicted molar refractivity (Wildman–Crippen MR) is 65.7 cm³/mol. The average Bonchev–Trinajstić information content (AvgIpc) is 2.34. The molecule has 0 heterocycles. The summed E-state index contributed by atoms with van der Waals surface area (Å²) in [5.41, 5.74) is 0.999. The third-order valence-corrected chi connectivity index (χ3v) is 2.43. The molecule has 0 saturated heterocycles. The number of halogens is 1. The molecule has 0 N–H and O–H groups in total. The number of hydrogen-bond donors (Lipinski definition) is 0. The summed E-state index contributed by atoms with van der Waals surface area (Å²) in [5.74, 6) is 0.291. The number of hydrogen-bond acceptors (Lipinski definition) is 3. The molecule has 0 amide bonds. The smallest absolute Gasteiger partial charge is 0.344 e. The Morgan fingerprint density at radius 3 is 2.88 bits per heavy atom. The van der Waals surface area contributed by atoms with E-state index >= 15 is 0 Å². The van der Waals surface area contributed by atoms with E-state index in [0.717, 1.165) is 5.56 Å². The van der Waals surface area contributed by atoms with Crippen molar-refractivity contribution in [2.45, 2.75) is 5.33 Å². The molecule has 0 bridgehead atoms. The van der Waals surface area contributed by atoms with Crippen LogP contribution in [0.4, 0.5) is 0 Å². The van der Waals surface area contributed by atoms with Gasteiger partial charge in [0.15, 0.2) is 6.61 Å². The lowest BCUT2D eigenvalue weighted by molar-refractivity contribution is -0.144. The second-order valence-electron chi connectivity index (χ2n) is 3.00. The Hall–Kier alpha value is -1.29. The first-order valence-corrected chi connectivity index (χ1v) is 5.93. The Morgan fingerprint density at radius 2 is 2.19 bits per heavy atom. The highest BCUT2D eigenvalue weighted by Gasteiger charge is 2.05. The summed E-state index contributed by atoms with van der Waals surface area (Å²) >= 11 is 3.35. The van der Waals surface area contributed by atoms with Crippen LogP contribution in [0, 0.1) is 0 Å². The van der Waals surface area contributed by atoms with Crippen molar-refractivity contribution in [2.24, 2.45) is 0 Å². The van der Waals surface area contributed by atoms with Crippen LogP contribution in [0.3, 0.4) is 0 Å². The van der Waals surface area contributed by atoms with Crippen LogP contribution in [0.5, 0.6) is 5.75 Å². The molecule has 0 aliphatic heterocycles. The SMILES string of the molecule is C=CCOC(=O)COc1ccccc1CBr. The average molecular weight is 285 g/mol. The summed E-state index contributed by atoms with van der Waals surface area (Å²) in [6.45, 7) is 3.58. The van der Waals surface area contributed by atoms with Gasteiger partial charge in [0.05, 0.1) is 0 Å². The van der Waals surface area contributed by atoms with Crippen molar-refractivity contribution in [3.8, 4) is 5.75 Å². The Morgan fingerprint density at radius 1 is 1.44 bits per heavy atom. The standard InChI is InChI=1S/C12H13BrO3/c1-2-7-15-12(14)9-16-11-6-4-3-5-10(11)8-13/h2-6H,1,7-9H2. The number of rotatable bonds is 6. The number of para-hydroxylation sites is 1. The first-order chi connectivity index (χ1) is 7.77. The number of alkyl halides is 1. The number of benzene rings is 1. The van der Waals surface area contributed by atoms with E-state index < -0.39 is 5.97 Å². The minimum Gasteiger partial charge on any atom is -0.482 e. The largest absolute Gasteiger partial charge is 0.482 e. The Labute approximate surface area is 103 Å². The lowest BCUT2D eigenvalue weighted by Crippen LogP contribution is -2.15. The van der Waals surface area contributed by atoms with E-state index in [4.69, 9.17) is 9.47 Å². The van der Waals surface area contributed by atoms with Crippen molar-refractivity contribution in [3.63, 3.8) is 0 Å². The van der Waals surface area contributed by atoms with Crippen molar-refractivity contribution < 1.29 is 14.3 Å². The van der Waals surface area contributed by atoms with Crippen LogP contribution in [0.1, 0.15) is 5.56 Å². The fourth-order valence-corrected chi connectivity index (χ4v) is 1.55. The van der Waals surface area contributed by atoms with Gasteiger partial charge in [0.2, 0.25) is 0 Å². The van der Waals surface area contributed by atoms with Crippen LogP contribution in [0.15, 0.2) is 36.9 Å². The van der Waals surface area contributed by atoms with E-state index in [0.29, 0.717) is 11.1 Å². The van der Waals surface area contributed by atoms with Crippen molar-refractivity contribution in [2.75, 3.05) is 13.2 Å². The van der Waals surface area contributed by atoms with Gasteiger partial charge in [-0.05, 0) is 6.07 Å². The van der Waals surface area contributed by atoms with E-state index in [2.05, 4.69) is 22.5 Å². The Bertz CT molecular complexity index is 363. The normalized spacial score (nSPS) is 9.56. The summed E-state index contributed by atoms with van der Waals surface area (Å²) in [4.78, 5) is 11.2. The first kappa shape index (κ1) is 12.8. The van der Waals surface area contributed by atoms with Crippen molar-refractivity contribution in [3.05, 3.63) is 42.5 Å². The number of carbonyl (C=O) groups is 1. The molecule has 0 aliphatic carbocycles. The van der Waals surface area contributed by atoms with Gasteiger partial charge in [-0.3, -0.25) is 0 Å². The molecule has 0 aromatic heterocycles. The molecule has 1 rings (SSSR count). The van der Waals surface area contributed by atoms with Crippen molar-refractivity contribution in [1.29, 1.82) is 0 Å². The molecule has 0 unspecified atom stereocenters. The predicted octanol–water partition coefficient (Wildman–Crippen LogP) is 2.69. The van der Waals surface area contributed by atoms with E-state index in [9.17, 15) is 4.79 Å². The summed E-state index contributed by atoms with van der Waals surface area (Å²) in [7, 11) is 0. The molecular formula is C12H13BrO3. The maximum absolute atomic E-state index is 11.2. The van der Waals surface area contributed by atoms with Gasteiger partial charge in [0.25, 0.3) is 0 Å². The molecule has 0 fully saturated rings. The molecule has 1 aromatic carbocycles. The number of carbonyl (C=O) groups excluding carboxylic acids is 1.